The maximum Gasteiger partial charge on any atom is 0.227 e. The van der Waals surface area contributed by atoms with Gasteiger partial charge in [-0.3, -0.25) is 9.48 Å². The van der Waals surface area contributed by atoms with E-state index in [0.29, 0.717) is 0 Å². The van der Waals surface area contributed by atoms with E-state index in [-0.39, 0.29) is 23.8 Å². The van der Waals surface area contributed by atoms with Crippen LogP contribution in [0.15, 0.2) is 42.7 Å². The van der Waals surface area contributed by atoms with Crippen LogP contribution in [-0.4, -0.2) is 40.7 Å². The molecule has 5 nitrogen and oxygen atoms in total. The van der Waals surface area contributed by atoms with Crippen LogP contribution in [-0.2, 0) is 11.8 Å². The van der Waals surface area contributed by atoms with Crippen LogP contribution in [0.25, 0.3) is 0 Å². The van der Waals surface area contributed by atoms with Gasteiger partial charge in [-0.25, -0.2) is 0 Å². The van der Waals surface area contributed by atoms with E-state index in [9.17, 15) is 4.79 Å². The van der Waals surface area contributed by atoms with Gasteiger partial charge in [0.1, 0.15) is 0 Å². The summed E-state index contributed by atoms with van der Waals surface area (Å²) < 4.78 is 1.80. The molecular weight excluding hydrogens is 288 g/mol. The topological polar surface area (TPSA) is 50.2 Å². The van der Waals surface area contributed by atoms with Crippen LogP contribution in [0, 0.1) is 5.92 Å². The highest BCUT2D eigenvalue weighted by Gasteiger charge is 2.37. The molecule has 1 saturated heterocycles. The Hall–Kier alpha value is -2.14. The van der Waals surface area contributed by atoms with Gasteiger partial charge in [-0.05, 0) is 18.1 Å². The molecule has 2 heterocycles. The van der Waals surface area contributed by atoms with Gasteiger partial charge in [-0.1, -0.05) is 30.3 Å². The Bertz CT molecular complexity index is 667. The Morgan fingerprint density at radius 2 is 2.09 bits per heavy atom. The molecule has 1 aliphatic rings. The molecule has 23 heavy (non-hydrogen) atoms. The van der Waals surface area contributed by atoms with Crippen molar-refractivity contribution in [1.82, 2.24) is 20.0 Å². The fraction of sp³-hybridized carbons (Fsp3) is 0.444. The standard InChI is InChI=1S/C18H24N4O/c1-13(14-7-5-4-6-8-14)22(3)18(23)17-11-19-10-16(17)15-9-20-21(2)12-15/h4-9,12-13,16-17,19H,10-11H2,1-3H3/t13?,16-,17+/m1/s1. The molecule has 1 aliphatic heterocycles. The first-order chi connectivity index (χ1) is 11.1. The average molecular weight is 312 g/mol. The molecule has 1 aromatic carbocycles. The van der Waals surface area contributed by atoms with Crippen LogP contribution in [0.5, 0.6) is 0 Å². The van der Waals surface area contributed by atoms with Gasteiger partial charge in [0.25, 0.3) is 0 Å². The largest absolute Gasteiger partial charge is 0.339 e. The number of nitrogens with zero attached hydrogens (tertiary/aromatic N) is 3. The second kappa shape index (κ2) is 6.54. The van der Waals surface area contributed by atoms with Crippen LogP contribution >= 0.6 is 0 Å². The summed E-state index contributed by atoms with van der Waals surface area (Å²) in [6.45, 7) is 3.63. The van der Waals surface area contributed by atoms with E-state index in [2.05, 4.69) is 29.5 Å². The van der Waals surface area contributed by atoms with Gasteiger partial charge in [-0.15, -0.1) is 0 Å². The molecule has 0 bridgehead atoms. The summed E-state index contributed by atoms with van der Waals surface area (Å²) in [5, 5.41) is 7.61. The summed E-state index contributed by atoms with van der Waals surface area (Å²) in [6, 6.07) is 10.2. The number of carbonyl (C=O) groups is 1. The highest BCUT2D eigenvalue weighted by atomic mass is 16.2. The van der Waals surface area contributed by atoms with E-state index in [1.54, 1.807) is 4.68 Å². The van der Waals surface area contributed by atoms with Crippen molar-refractivity contribution in [1.29, 1.82) is 0 Å². The van der Waals surface area contributed by atoms with Crippen LogP contribution in [0.3, 0.4) is 0 Å². The molecule has 1 fully saturated rings. The van der Waals surface area contributed by atoms with E-state index in [4.69, 9.17) is 0 Å². The zero-order valence-corrected chi connectivity index (χ0v) is 13.9. The Morgan fingerprint density at radius 3 is 2.74 bits per heavy atom. The predicted octanol–water partition coefficient (Wildman–Crippen LogP) is 1.94. The molecule has 0 saturated carbocycles. The summed E-state index contributed by atoms with van der Waals surface area (Å²) in [4.78, 5) is 14.9. The van der Waals surface area contributed by atoms with Crippen LogP contribution in [0.4, 0.5) is 0 Å². The van der Waals surface area contributed by atoms with Gasteiger partial charge >= 0.3 is 0 Å². The summed E-state index contributed by atoms with van der Waals surface area (Å²) in [6.07, 6.45) is 3.89. The Labute approximate surface area is 137 Å². The zero-order valence-electron chi connectivity index (χ0n) is 13.9. The molecule has 1 unspecified atom stereocenters. The maximum atomic E-state index is 13.0. The maximum absolute atomic E-state index is 13.0. The number of amides is 1. The van der Waals surface area contributed by atoms with Crippen molar-refractivity contribution in [2.45, 2.75) is 18.9 Å². The van der Waals surface area contributed by atoms with Crippen molar-refractivity contribution >= 4 is 5.91 Å². The number of benzene rings is 1. The quantitative estimate of drug-likeness (QED) is 0.939. The average Bonchev–Trinajstić information content (AvgIpc) is 3.22. The molecule has 122 valence electrons. The fourth-order valence-electron chi connectivity index (χ4n) is 3.33. The summed E-state index contributed by atoms with van der Waals surface area (Å²) in [7, 11) is 3.81. The highest BCUT2D eigenvalue weighted by Crippen LogP contribution is 2.31. The number of aryl methyl sites for hydroxylation is 1. The van der Waals surface area contributed by atoms with Crippen LogP contribution < -0.4 is 5.32 Å². The van der Waals surface area contributed by atoms with Gasteiger partial charge in [0.05, 0.1) is 18.2 Å². The lowest BCUT2D eigenvalue weighted by molar-refractivity contribution is -0.136. The molecule has 5 heteroatoms. The first-order valence-electron chi connectivity index (χ1n) is 8.09. The third-order valence-corrected chi connectivity index (χ3v) is 4.89. The van der Waals surface area contributed by atoms with Gasteiger partial charge < -0.3 is 10.2 Å². The molecule has 0 radical (unpaired) electrons. The van der Waals surface area contributed by atoms with Crippen molar-refractivity contribution in [3.05, 3.63) is 53.9 Å². The number of hydrogen-bond donors (Lipinski definition) is 1. The number of rotatable bonds is 4. The molecule has 0 spiro atoms. The zero-order chi connectivity index (χ0) is 16.4. The smallest absolute Gasteiger partial charge is 0.227 e. The first kappa shape index (κ1) is 15.7. The second-order valence-corrected chi connectivity index (χ2v) is 6.35. The van der Waals surface area contributed by atoms with E-state index in [0.717, 1.165) is 24.2 Å². The Morgan fingerprint density at radius 1 is 1.35 bits per heavy atom. The van der Waals surface area contributed by atoms with E-state index >= 15 is 0 Å². The number of carbonyl (C=O) groups excluding carboxylic acids is 1. The SMILES string of the molecule is CC(c1ccccc1)N(C)C(=O)[C@H]1CNC[C@@H]1c1cnn(C)c1. The van der Waals surface area contributed by atoms with Crippen molar-refractivity contribution < 1.29 is 4.79 Å². The van der Waals surface area contributed by atoms with Crippen molar-refractivity contribution in [2.75, 3.05) is 20.1 Å². The molecule has 1 N–H and O–H groups in total. The lowest BCUT2D eigenvalue weighted by atomic mass is 9.89. The van der Waals surface area contributed by atoms with E-state index in [1.165, 1.54) is 0 Å². The minimum Gasteiger partial charge on any atom is -0.339 e. The first-order valence-corrected chi connectivity index (χ1v) is 8.09. The van der Waals surface area contributed by atoms with E-state index < -0.39 is 0 Å². The van der Waals surface area contributed by atoms with Gasteiger partial charge in [0.2, 0.25) is 5.91 Å². The number of nitrogens with one attached hydrogen (secondary N) is 1. The molecule has 3 atom stereocenters. The summed E-state index contributed by atoms with van der Waals surface area (Å²) in [5.41, 5.74) is 2.30. The minimum absolute atomic E-state index is 0.0321. The third-order valence-electron chi connectivity index (χ3n) is 4.89. The van der Waals surface area contributed by atoms with Crippen molar-refractivity contribution in [2.24, 2.45) is 13.0 Å². The molecular formula is C18H24N4O. The van der Waals surface area contributed by atoms with Gasteiger partial charge in [-0.2, -0.15) is 5.10 Å². The van der Waals surface area contributed by atoms with Crippen molar-refractivity contribution in [3.63, 3.8) is 0 Å². The van der Waals surface area contributed by atoms with Crippen molar-refractivity contribution in [3.8, 4) is 0 Å². The molecule has 1 amide bonds. The predicted molar refractivity (Wildman–Crippen MR) is 89.9 cm³/mol. The molecule has 2 aromatic rings. The van der Waals surface area contributed by atoms with Gasteiger partial charge in [0.15, 0.2) is 0 Å². The molecule has 3 rings (SSSR count). The highest BCUT2D eigenvalue weighted by molar-refractivity contribution is 5.80. The minimum atomic E-state index is -0.0321. The fourth-order valence-corrected chi connectivity index (χ4v) is 3.33. The van der Waals surface area contributed by atoms with Crippen LogP contribution in [0.2, 0.25) is 0 Å². The van der Waals surface area contributed by atoms with Gasteiger partial charge in [0, 0.05) is 39.3 Å². The second-order valence-electron chi connectivity index (χ2n) is 6.35. The Balaban J connectivity index is 1.76. The molecule has 1 aromatic heterocycles. The van der Waals surface area contributed by atoms with Crippen LogP contribution in [0.1, 0.15) is 30.0 Å². The Kier molecular flexibility index (Phi) is 4.48. The number of aromatic nitrogens is 2. The van der Waals surface area contributed by atoms with E-state index in [1.807, 2.05) is 49.6 Å². The number of hydrogen-bond acceptors (Lipinski definition) is 3. The monoisotopic (exact) mass is 312 g/mol. The normalized spacial score (nSPS) is 22.0. The molecule has 0 aliphatic carbocycles. The third kappa shape index (κ3) is 3.15. The summed E-state index contributed by atoms with van der Waals surface area (Å²) in [5.74, 6) is 0.359. The summed E-state index contributed by atoms with van der Waals surface area (Å²) >= 11 is 0. The lowest BCUT2D eigenvalue weighted by Gasteiger charge is -2.29. The lowest BCUT2D eigenvalue weighted by Crippen LogP contribution is -2.37.